The first kappa shape index (κ1) is 27.5. The highest BCUT2D eigenvalue weighted by Gasteiger charge is 2.37. The largest absolute Gasteiger partial charge is 0.497 e. The van der Waals surface area contributed by atoms with Crippen molar-refractivity contribution in [2.45, 2.75) is 26.7 Å². The molecular formula is C34H28Cl2N4O3. The topological polar surface area (TPSA) is 82.0 Å². The van der Waals surface area contributed by atoms with E-state index in [0.717, 1.165) is 38.7 Å². The van der Waals surface area contributed by atoms with E-state index in [0.29, 0.717) is 57.0 Å². The zero-order valence-electron chi connectivity index (χ0n) is 24.1. The molecule has 0 radical (unpaired) electrons. The summed E-state index contributed by atoms with van der Waals surface area (Å²) in [7, 11) is 3.25. The first-order valence-corrected chi connectivity index (χ1v) is 14.7. The highest BCUT2D eigenvalue weighted by Crippen LogP contribution is 2.48. The van der Waals surface area contributed by atoms with Crippen LogP contribution in [0.25, 0.3) is 50.0 Å². The molecule has 7 rings (SSSR count). The molecule has 6 aromatic rings. The van der Waals surface area contributed by atoms with Crippen LogP contribution in [0.5, 0.6) is 11.5 Å². The zero-order chi connectivity index (χ0) is 30.0. The summed E-state index contributed by atoms with van der Waals surface area (Å²) in [6.45, 7) is 4.19. The van der Waals surface area contributed by atoms with Crippen LogP contribution in [0.4, 0.5) is 0 Å². The fourth-order valence-electron chi connectivity index (χ4n) is 6.19. The predicted octanol–water partition coefficient (Wildman–Crippen LogP) is 8.71. The number of ether oxygens (including phenoxy) is 2. The van der Waals surface area contributed by atoms with Gasteiger partial charge in [0.25, 0.3) is 0 Å². The first-order chi connectivity index (χ1) is 20.7. The molecule has 0 bridgehead atoms. The Kier molecular flexibility index (Phi) is 6.49. The second-order valence-corrected chi connectivity index (χ2v) is 12.4. The summed E-state index contributed by atoms with van der Waals surface area (Å²) in [5.41, 5.74) is 6.34. The number of aromatic nitrogens is 4. The number of methoxy groups -OCH3 is 2. The first-order valence-electron chi connectivity index (χ1n) is 13.9. The number of H-pyrrole nitrogens is 1. The van der Waals surface area contributed by atoms with E-state index >= 15 is 0 Å². The normalized spacial score (nSPS) is 14.3. The minimum atomic E-state index is -0.255. The van der Waals surface area contributed by atoms with Gasteiger partial charge in [0, 0.05) is 45.8 Å². The number of pyridine rings is 1. The van der Waals surface area contributed by atoms with Crippen molar-refractivity contribution < 1.29 is 14.3 Å². The molecule has 0 unspecified atom stereocenters. The van der Waals surface area contributed by atoms with Gasteiger partial charge in [0.05, 0.1) is 41.0 Å². The number of hydrogen-bond acceptors (Lipinski definition) is 5. The molecule has 0 saturated carbocycles. The molecule has 0 amide bonds. The number of ketones is 1. The summed E-state index contributed by atoms with van der Waals surface area (Å²) in [4.78, 5) is 22.7. The predicted molar refractivity (Wildman–Crippen MR) is 171 cm³/mol. The van der Waals surface area contributed by atoms with Gasteiger partial charge in [-0.2, -0.15) is 5.10 Å². The van der Waals surface area contributed by atoms with Crippen molar-refractivity contribution in [3.63, 3.8) is 0 Å². The van der Waals surface area contributed by atoms with Crippen molar-refractivity contribution in [3.05, 3.63) is 88.2 Å². The SMILES string of the molecule is COc1ccc(OC)c(-c2c3c(nc4c2c(-c2c[nH]c5ccccc25)nn4-c2ccc(Cl)c(Cl)c2)CC(C)(C)CC3=O)c1. The molecule has 3 aromatic heterocycles. The lowest BCUT2D eigenvalue weighted by atomic mass is 9.73. The van der Waals surface area contributed by atoms with Gasteiger partial charge in [-0.1, -0.05) is 55.2 Å². The Labute approximate surface area is 258 Å². The maximum absolute atomic E-state index is 14.1. The Hall–Kier alpha value is -4.33. The van der Waals surface area contributed by atoms with Gasteiger partial charge in [0.15, 0.2) is 11.4 Å². The van der Waals surface area contributed by atoms with Crippen LogP contribution in [0.15, 0.2) is 66.9 Å². The minimum Gasteiger partial charge on any atom is -0.497 e. The molecule has 9 heteroatoms. The molecule has 1 N–H and O–H groups in total. The van der Waals surface area contributed by atoms with Gasteiger partial charge in [0.2, 0.25) is 0 Å². The number of hydrogen-bond donors (Lipinski definition) is 1. The monoisotopic (exact) mass is 610 g/mol. The van der Waals surface area contributed by atoms with E-state index in [4.69, 9.17) is 42.8 Å². The van der Waals surface area contributed by atoms with Crippen molar-refractivity contribution in [3.8, 4) is 39.6 Å². The third-order valence-electron chi connectivity index (χ3n) is 8.12. The number of nitrogens with zero attached hydrogens (tertiary/aromatic N) is 3. The third-order valence-corrected chi connectivity index (χ3v) is 8.86. The van der Waals surface area contributed by atoms with E-state index in [-0.39, 0.29) is 11.2 Å². The number of Topliss-reactive ketones (excluding diaryl/α,β-unsaturated/α-hetero) is 1. The van der Waals surface area contributed by atoms with Crippen LogP contribution in [0.1, 0.15) is 36.3 Å². The van der Waals surface area contributed by atoms with Gasteiger partial charge in [-0.15, -0.1) is 0 Å². The number of rotatable bonds is 5. The molecule has 3 aromatic carbocycles. The van der Waals surface area contributed by atoms with Crippen molar-refractivity contribution >= 4 is 50.9 Å². The molecule has 7 nitrogen and oxygen atoms in total. The minimum absolute atomic E-state index is 0.0349. The number of carbonyl (C=O) groups excluding carboxylic acids is 1. The lowest BCUT2D eigenvalue weighted by molar-refractivity contribution is 0.0911. The maximum atomic E-state index is 14.1. The van der Waals surface area contributed by atoms with Crippen molar-refractivity contribution in [2.24, 2.45) is 5.41 Å². The molecular weight excluding hydrogens is 583 g/mol. The van der Waals surface area contributed by atoms with Gasteiger partial charge in [-0.25, -0.2) is 9.67 Å². The maximum Gasteiger partial charge on any atom is 0.165 e. The fourth-order valence-corrected chi connectivity index (χ4v) is 6.49. The summed E-state index contributed by atoms with van der Waals surface area (Å²) in [5, 5.41) is 7.76. The van der Waals surface area contributed by atoms with Crippen LogP contribution >= 0.6 is 23.2 Å². The second-order valence-electron chi connectivity index (χ2n) is 11.6. The fraction of sp³-hybridized carbons (Fsp3) is 0.206. The molecule has 0 fully saturated rings. The van der Waals surface area contributed by atoms with E-state index in [1.165, 1.54) is 0 Å². The van der Waals surface area contributed by atoms with E-state index in [2.05, 4.69) is 24.9 Å². The van der Waals surface area contributed by atoms with Crippen molar-refractivity contribution in [2.75, 3.05) is 14.2 Å². The van der Waals surface area contributed by atoms with Gasteiger partial charge in [-0.05, 0) is 54.3 Å². The number of carbonyl (C=O) groups is 1. The van der Waals surface area contributed by atoms with Crippen LogP contribution < -0.4 is 9.47 Å². The van der Waals surface area contributed by atoms with Crippen LogP contribution in [0, 0.1) is 5.41 Å². The Balaban J connectivity index is 1.69. The Bertz CT molecular complexity index is 2090. The van der Waals surface area contributed by atoms with Crippen LogP contribution in [0.2, 0.25) is 10.0 Å². The lowest BCUT2D eigenvalue weighted by Gasteiger charge is -2.31. The Morgan fingerprint density at radius 2 is 1.72 bits per heavy atom. The molecule has 1 aliphatic rings. The van der Waals surface area contributed by atoms with Gasteiger partial charge in [-0.3, -0.25) is 4.79 Å². The lowest BCUT2D eigenvalue weighted by Crippen LogP contribution is -2.28. The van der Waals surface area contributed by atoms with Crippen LogP contribution in [-0.2, 0) is 6.42 Å². The quantitative estimate of drug-likeness (QED) is 0.211. The van der Waals surface area contributed by atoms with Gasteiger partial charge < -0.3 is 14.5 Å². The van der Waals surface area contributed by atoms with Crippen LogP contribution in [0.3, 0.4) is 0 Å². The Morgan fingerprint density at radius 1 is 0.907 bits per heavy atom. The van der Waals surface area contributed by atoms with E-state index < -0.39 is 0 Å². The molecule has 3 heterocycles. The summed E-state index contributed by atoms with van der Waals surface area (Å²) in [5.74, 6) is 1.29. The number of benzene rings is 3. The molecule has 0 saturated heterocycles. The number of para-hydroxylation sites is 1. The number of fused-ring (bicyclic) bond motifs is 3. The molecule has 43 heavy (non-hydrogen) atoms. The molecule has 1 aliphatic carbocycles. The average Bonchev–Trinajstić information content (AvgIpc) is 3.58. The van der Waals surface area contributed by atoms with Crippen molar-refractivity contribution in [1.29, 1.82) is 0 Å². The highest BCUT2D eigenvalue weighted by atomic mass is 35.5. The summed E-state index contributed by atoms with van der Waals surface area (Å²) >= 11 is 12.8. The summed E-state index contributed by atoms with van der Waals surface area (Å²) in [6, 6.07) is 19.1. The van der Waals surface area contributed by atoms with Gasteiger partial charge in [0.1, 0.15) is 17.2 Å². The zero-order valence-corrected chi connectivity index (χ0v) is 25.6. The summed E-state index contributed by atoms with van der Waals surface area (Å²) in [6.07, 6.45) is 2.97. The third kappa shape index (κ3) is 4.46. The number of halogens is 2. The molecule has 216 valence electrons. The van der Waals surface area contributed by atoms with E-state index in [1.54, 1.807) is 31.0 Å². The average molecular weight is 612 g/mol. The smallest absolute Gasteiger partial charge is 0.165 e. The highest BCUT2D eigenvalue weighted by molar-refractivity contribution is 6.42. The number of nitrogens with one attached hydrogen (secondary N) is 1. The van der Waals surface area contributed by atoms with Gasteiger partial charge >= 0.3 is 0 Å². The molecule has 0 aliphatic heterocycles. The van der Waals surface area contributed by atoms with E-state index in [1.807, 2.05) is 48.7 Å². The second kappa shape index (κ2) is 10.1. The Morgan fingerprint density at radius 3 is 2.49 bits per heavy atom. The molecule has 0 spiro atoms. The number of aromatic amines is 1. The van der Waals surface area contributed by atoms with Crippen LogP contribution in [-0.4, -0.2) is 39.8 Å². The standard InChI is InChI=1S/C34H28Cl2N4O3/c1-34(2)15-26-30(27(41)16-34)29(21-14-19(42-3)10-12-28(21)43-4)31-32(22-17-37-25-8-6-5-7-20(22)25)39-40(33(31)38-26)18-9-11-23(35)24(36)13-18/h5-14,17,37H,15-16H2,1-4H3. The van der Waals surface area contributed by atoms with E-state index in [9.17, 15) is 4.79 Å². The molecule has 0 atom stereocenters. The summed E-state index contributed by atoms with van der Waals surface area (Å²) < 4.78 is 13.3. The van der Waals surface area contributed by atoms with Crippen molar-refractivity contribution in [1.82, 2.24) is 19.7 Å².